The van der Waals surface area contributed by atoms with Gasteiger partial charge in [0.05, 0.1) is 6.61 Å². The number of aryl methyl sites for hydroxylation is 1. The van der Waals surface area contributed by atoms with Crippen LogP contribution in [-0.4, -0.2) is 33.4 Å². The second-order valence-corrected chi connectivity index (χ2v) is 6.17. The minimum atomic E-state index is -0.155. The molecule has 1 aromatic heterocycles. The van der Waals surface area contributed by atoms with Gasteiger partial charge in [0.15, 0.2) is 5.82 Å². The number of aliphatic hydroxyl groups excluding tert-OH is 1. The molecule has 114 valence electrons. The van der Waals surface area contributed by atoms with Gasteiger partial charge in [-0.05, 0) is 39.0 Å². The summed E-state index contributed by atoms with van der Waals surface area (Å²) in [6, 6.07) is 0.483. The van der Waals surface area contributed by atoms with E-state index in [9.17, 15) is 5.11 Å². The normalized spacial score (nSPS) is 26.4. The summed E-state index contributed by atoms with van der Waals surface area (Å²) in [5, 5.41) is 17.1. The second-order valence-electron chi connectivity index (χ2n) is 6.17. The van der Waals surface area contributed by atoms with E-state index in [2.05, 4.69) is 29.3 Å². The van der Waals surface area contributed by atoms with Gasteiger partial charge in [0.25, 0.3) is 0 Å². The van der Waals surface area contributed by atoms with Crippen LogP contribution in [0.25, 0.3) is 0 Å². The summed E-state index contributed by atoms with van der Waals surface area (Å²) in [6.45, 7) is 6.42. The zero-order chi connectivity index (χ0) is 14.6. The highest BCUT2D eigenvalue weighted by Gasteiger charge is 2.30. The fraction of sp³-hybridized carbons (Fsp3) is 0.867. The highest BCUT2D eigenvalue weighted by atomic mass is 16.5. The molecule has 5 heteroatoms. The lowest BCUT2D eigenvalue weighted by Gasteiger charge is -2.36. The van der Waals surface area contributed by atoms with Crippen LogP contribution in [0.1, 0.15) is 70.5 Å². The molecular formula is C15H27N3O2. The fourth-order valence-corrected chi connectivity index (χ4v) is 2.81. The zero-order valence-electron chi connectivity index (χ0n) is 12.9. The van der Waals surface area contributed by atoms with Crippen molar-refractivity contribution in [3.63, 3.8) is 0 Å². The smallest absolute Gasteiger partial charge is 0.229 e. The molecule has 0 bridgehead atoms. The van der Waals surface area contributed by atoms with Crippen molar-refractivity contribution < 1.29 is 9.63 Å². The molecule has 1 aliphatic carbocycles. The van der Waals surface area contributed by atoms with E-state index in [-0.39, 0.29) is 12.1 Å². The van der Waals surface area contributed by atoms with Crippen LogP contribution in [0.3, 0.4) is 0 Å². The van der Waals surface area contributed by atoms with Crippen LogP contribution in [0.2, 0.25) is 0 Å². The molecule has 0 amide bonds. The Morgan fingerprint density at radius 1 is 1.30 bits per heavy atom. The summed E-state index contributed by atoms with van der Waals surface area (Å²) in [4.78, 5) is 4.45. The Kier molecular flexibility index (Phi) is 5.16. The monoisotopic (exact) mass is 281 g/mol. The first-order valence-electron chi connectivity index (χ1n) is 7.81. The van der Waals surface area contributed by atoms with Crippen molar-refractivity contribution in [2.75, 3.05) is 6.61 Å². The molecule has 1 atom stereocenters. The molecule has 0 aromatic carbocycles. The van der Waals surface area contributed by atoms with Crippen LogP contribution in [0, 0.1) is 0 Å². The van der Waals surface area contributed by atoms with Gasteiger partial charge < -0.3 is 14.9 Å². The molecule has 2 rings (SSSR count). The molecule has 20 heavy (non-hydrogen) atoms. The van der Waals surface area contributed by atoms with Gasteiger partial charge >= 0.3 is 0 Å². The molecule has 1 heterocycles. The van der Waals surface area contributed by atoms with Crippen LogP contribution in [-0.2, 0) is 6.42 Å². The van der Waals surface area contributed by atoms with Gasteiger partial charge in [-0.25, -0.2) is 0 Å². The molecule has 2 N–H and O–H groups in total. The molecule has 0 radical (unpaired) electrons. The Bertz CT molecular complexity index is 407. The summed E-state index contributed by atoms with van der Waals surface area (Å²) in [5.74, 6) is 2.02. The number of nitrogens with one attached hydrogen (secondary N) is 1. The predicted molar refractivity (Wildman–Crippen MR) is 77.6 cm³/mol. The van der Waals surface area contributed by atoms with Gasteiger partial charge in [-0.3, -0.25) is 0 Å². The van der Waals surface area contributed by atoms with E-state index in [1.807, 2.05) is 6.92 Å². The molecule has 1 aromatic rings. The number of aromatic nitrogens is 2. The lowest BCUT2D eigenvalue weighted by Crippen LogP contribution is -2.51. The maximum atomic E-state index is 9.48. The number of nitrogens with zero attached hydrogens (tertiary/aromatic N) is 2. The number of hydrogen-bond donors (Lipinski definition) is 2. The van der Waals surface area contributed by atoms with Gasteiger partial charge in [0, 0.05) is 23.9 Å². The fourth-order valence-electron chi connectivity index (χ4n) is 2.81. The first kappa shape index (κ1) is 15.4. The van der Waals surface area contributed by atoms with E-state index in [1.165, 1.54) is 0 Å². The average molecular weight is 281 g/mol. The third-order valence-corrected chi connectivity index (χ3v) is 4.56. The van der Waals surface area contributed by atoms with E-state index in [0.29, 0.717) is 12.0 Å². The predicted octanol–water partition coefficient (Wildman–Crippen LogP) is 2.41. The third-order valence-electron chi connectivity index (χ3n) is 4.56. The van der Waals surface area contributed by atoms with Crippen molar-refractivity contribution in [2.45, 2.75) is 76.8 Å². The van der Waals surface area contributed by atoms with E-state index >= 15 is 0 Å². The summed E-state index contributed by atoms with van der Waals surface area (Å²) in [6.07, 6.45) is 6.12. The SMILES string of the molecule is CCc1noc(C2CCC(NC(C)(CC)CO)CC2)n1. The third kappa shape index (κ3) is 3.58. The van der Waals surface area contributed by atoms with Crippen molar-refractivity contribution in [1.82, 2.24) is 15.5 Å². The first-order chi connectivity index (χ1) is 9.60. The van der Waals surface area contributed by atoms with E-state index in [1.54, 1.807) is 0 Å². The first-order valence-corrected chi connectivity index (χ1v) is 7.81. The molecule has 5 nitrogen and oxygen atoms in total. The van der Waals surface area contributed by atoms with Crippen LogP contribution < -0.4 is 5.32 Å². The van der Waals surface area contributed by atoms with Gasteiger partial charge in [-0.15, -0.1) is 0 Å². The highest BCUT2D eigenvalue weighted by molar-refractivity contribution is 4.98. The number of hydrogen-bond acceptors (Lipinski definition) is 5. The van der Waals surface area contributed by atoms with E-state index in [0.717, 1.165) is 50.2 Å². The van der Waals surface area contributed by atoms with Crippen LogP contribution in [0.15, 0.2) is 4.52 Å². The maximum Gasteiger partial charge on any atom is 0.229 e. The van der Waals surface area contributed by atoms with Gasteiger partial charge in [0.2, 0.25) is 5.89 Å². The van der Waals surface area contributed by atoms with E-state index in [4.69, 9.17) is 4.52 Å². The maximum absolute atomic E-state index is 9.48. The molecule has 1 aliphatic rings. The van der Waals surface area contributed by atoms with Gasteiger partial charge in [-0.2, -0.15) is 4.98 Å². The lowest BCUT2D eigenvalue weighted by molar-refractivity contribution is 0.143. The average Bonchev–Trinajstić information content (AvgIpc) is 2.97. The van der Waals surface area contributed by atoms with Crippen LogP contribution >= 0.6 is 0 Å². The van der Waals surface area contributed by atoms with Gasteiger partial charge in [-0.1, -0.05) is 19.0 Å². The Balaban J connectivity index is 1.86. The van der Waals surface area contributed by atoms with Crippen LogP contribution in [0.4, 0.5) is 0 Å². The molecule has 1 saturated carbocycles. The van der Waals surface area contributed by atoms with E-state index < -0.39 is 0 Å². The molecule has 0 saturated heterocycles. The number of rotatable bonds is 6. The molecular weight excluding hydrogens is 254 g/mol. The standard InChI is InChI=1S/C15H27N3O2/c1-4-13-16-14(20-18-13)11-6-8-12(9-7-11)17-15(3,5-2)10-19/h11-12,17,19H,4-10H2,1-3H3. The topological polar surface area (TPSA) is 71.2 Å². The zero-order valence-corrected chi connectivity index (χ0v) is 12.9. The summed E-state index contributed by atoms with van der Waals surface area (Å²) >= 11 is 0. The van der Waals surface area contributed by atoms with Crippen molar-refractivity contribution in [3.8, 4) is 0 Å². The summed E-state index contributed by atoms with van der Waals surface area (Å²) < 4.78 is 5.35. The largest absolute Gasteiger partial charge is 0.394 e. The highest BCUT2D eigenvalue weighted by Crippen LogP contribution is 2.32. The minimum Gasteiger partial charge on any atom is -0.394 e. The van der Waals surface area contributed by atoms with Crippen molar-refractivity contribution in [3.05, 3.63) is 11.7 Å². The molecule has 1 fully saturated rings. The Labute approximate surface area is 121 Å². The molecule has 0 aliphatic heterocycles. The summed E-state index contributed by atoms with van der Waals surface area (Å²) in [7, 11) is 0. The Morgan fingerprint density at radius 3 is 2.50 bits per heavy atom. The van der Waals surface area contributed by atoms with Crippen molar-refractivity contribution in [1.29, 1.82) is 0 Å². The Morgan fingerprint density at radius 2 is 2.00 bits per heavy atom. The van der Waals surface area contributed by atoms with Crippen LogP contribution in [0.5, 0.6) is 0 Å². The minimum absolute atomic E-state index is 0.155. The number of aliphatic hydroxyl groups is 1. The lowest BCUT2D eigenvalue weighted by atomic mass is 9.84. The quantitative estimate of drug-likeness (QED) is 0.838. The van der Waals surface area contributed by atoms with Crippen molar-refractivity contribution >= 4 is 0 Å². The van der Waals surface area contributed by atoms with Crippen molar-refractivity contribution in [2.24, 2.45) is 0 Å². The Hall–Kier alpha value is -0.940. The van der Waals surface area contributed by atoms with Gasteiger partial charge in [0.1, 0.15) is 0 Å². The molecule has 0 spiro atoms. The molecule has 1 unspecified atom stereocenters. The second kappa shape index (κ2) is 6.68. The summed E-state index contributed by atoms with van der Waals surface area (Å²) in [5.41, 5.74) is -0.155.